The van der Waals surface area contributed by atoms with E-state index in [-0.39, 0.29) is 24.6 Å². The number of rotatable bonds is 4. The van der Waals surface area contributed by atoms with Gasteiger partial charge in [-0.05, 0) is 33.2 Å². The van der Waals surface area contributed by atoms with Crippen LogP contribution in [0.1, 0.15) is 26.7 Å². The monoisotopic (exact) mass is 200 g/mol. The Kier molecular flexibility index (Phi) is 4.35. The van der Waals surface area contributed by atoms with Gasteiger partial charge in [-0.15, -0.1) is 0 Å². The summed E-state index contributed by atoms with van der Waals surface area (Å²) in [6, 6.07) is 0.0576. The van der Waals surface area contributed by atoms with Crippen LogP contribution in [0.15, 0.2) is 0 Å². The predicted molar refractivity (Wildman–Crippen MR) is 55.0 cm³/mol. The van der Waals surface area contributed by atoms with Gasteiger partial charge in [-0.2, -0.15) is 0 Å². The maximum Gasteiger partial charge on any atom is 0.237 e. The Labute approximate surface area is 85.3 Å². The zero-order chi connectivity index (χ0) is 10.6. The first-order valence-corrected chi connectivity index (χ1v) is 5.35. The van der Waals surface area contributed by atoms with E-state index in [0.717, 1.165) is 19.4 Å². The largest absolute Gasteiger partial charge is 0.395 e. The van der Waals surface area contributed by atoms with Crippen molar-refractivity contribution in [2.24, 2.45) is 0 Å². The highest BCUT2D eigenvalue weighted by Crippen LogP contribution is 2.19. The van der Waals surface area contributed by atoms with Crippen LogP contribution in [-0.2, 0) is 4.79 Å². The number of likely N-dealkylation sites (tertiary alicyclic amines) is 1. The zero-order valence-electron chi connectivity index (χ0n) is 8.99. The van der Waals surface area contributed by atoms with Gasteiger partial charge in [0.05, 0.1) is 12.6 Å². The third-order valence-corrected chi connectivity index (χ3v) is 2.86. The molecule has 2 atom stereocenters. The van der Waals surface area contributed by atoms with Crippen molar-refractivity contribution in [3.8, 4) is 0 Å². The maximum absolute atomic E-state index is 11.6. The number of hydrogen-bond acceptors (Lipinski definition) is 3. The van der Waals surface area contributed by atoms with Gasteiger partial charge in [-0.3, -0.25) is 9.69 Å². The summed E-state index contributed by atoms with van der Waals surface area (Å²) in [5.41, 5.74) is 0. The van der Waals surface area contributed by atoms with E-state index in [1.807, 2.05) is 13.8 Å². The molecule has 0 aromatic heterocycles. The number of hydrogen-bond donors (Lipinski definition) is 2. The number of amides is 1. The van der Waals surface area contributed by atoms with Gasteiger partial charge in [0.1, 0.15) is 0 Å². The third-order valence-electron chi connectivity index (χ3n) is 2.86. The summed E-state index contributed by atoms with van der Waals surface area (Å²) in [6.45, 7) is 5.56. The molecule has 0 bridgehead atoms. The minimum atomic E-state index is -0.116. The molecule has 1 heterocycles. The second-order valence-corrected chi connectivity index (χ2v) is 3.79. The molecule has 1 amide bonds. The van der Waals surface area contributed by atoms with Gasteiger partial charge in [0, 0.05) is 12.6 Å². The molecule has 1 aliphatic heterocycles. The number of aliphatic hydroxyl groups is 1. The molecule has 0 aromatic carbocycles. The van der Waals surface area contributed by atoms with Crippen LogP contribution in [0.5, 0.6) is 0 Å². The minimum Gasteiger partial charge on any atom is -0.395 e. The van der Waals surface area contributed by atoms with Crippen LogP contribution >= 0.6 is 0 Å². The Morgan fingerprint density at radius 2 is 2.43 bits per heavy atom. The van der Waals surface area contributed by atoms with Crippen molar-refractivity contribution in [3.63, 3.8) is 0 Å². The van der Waals surface area contributed by atoms with Gasteiger partial charge in [-0.1, -0.05) is 0 Å². The molecule has 0 spiro atoms. The summed E-state index contributed by atoms with van der Waals surface area (Å²) >= 11 is 0. The van der Waals surface area contributed by atoms with E-state index in [4.69, 9.17) is 5.11 Å². The van der Waals surface area contributed by atoms with Crippen LogP contribution in [-0.4, -0.2) is 47.7 Å². The quantitative estimate of drug-likeness (QED) is 0.670. The molecule has 82 valence electrons. The van der Waals surface area contributed by atoms with Crippen molar-refractivity contribution in [1.29, 1.82) is 0 Å². The number of nitrogens with one attached hydrogen (secondary N) is 1. The number of carbonyl (C=O) groups is 1. The molecule has 1 aliphatic rings. The van der Waals surface area contributed by atoms with Gasteiger partial charge in [0.15, 0.2) is 0 Å². The average Bonchev–Trinajstić information content (AvgIpc) is 2.64. The predicted octanol–water partition coefficient (Wildman–Crippen LogP) is -0.0323. The fourth-order valence-electron chi connectivity index (χ4n) is 2.04. The lowest BCUT2D eigenvalue weighted by Gasteiger charge is -2.28. The number of carbonyl (C=O) groups excluding carboxylic acids is 1. The van der Waals surface area contributed by atoms with E-state index in [9.17, 15) is 4.79 Å². The van der Waals surface area contributed by atoms with Gasteiger partial charge >= 0.3 is 0 Å². The molecule has 4 heteroatoms. The highest BCUT2D eigenvalue weighted by atomic mass is 16.3. The molecule has 1 saturated heterocycles. The molecule has 0 aromatic rings. The average molecular weight is 200 g/mol. The Balaban J connectivity index is 2.50. The molecule has 14 heavy (non-hydrogen) atoms. The maximum atomic E-state index is 11.6. The van der Waals surface area contributed by atoms with Crippen molar-refractivity contribution < 1.29 is 9.90 Å². The van der Waals surface area contributed by atoms with Crippen LogP contribution in [0.3, 0.4) is 0 Å². The first kappa shape index (κ1) is 11.5. The van der Waals surface area contributed by atoms with Gasteiger partial charge in [0.25, 0.3) is 0 Å². The second kappa shape index (κ2) is 5.32. The fraction of sp³-hybridized carbons (Fsp3) is 0.900. The Morgan fingerprint density at radius 1 is 1.71 bits per heavy atom. The van der Waals surface area contributed by atoms with Crippen LogP contribution in [0.2, 0.25) is 0 Å². The van der Waals surface area contributed by atoms with Crippen molar-refractivity contribution in [2.75, 3.05) is 19.7 Å². The summed E-state index contributed by atoms with van der Waals surface area (Å²) in [6.07, 6.45) is 2.08. The molecule has 4 nitrogen and oxygen atoms in total. The standard InChI is InChI=1S/C10H20N2O2/c1-3-11-10(14)8(2)12-6-4-5-9(12)7-13/h8-9,13H,3-7H2,1-2H3,(H,11,14)/t8?,9-/m0/s1. The molecule has 0 aliphatic carbocycles. The van der Waals surface area contributed by atoms with Crippen molar-refractivity contribution >= 4 is 5.91 Å². The lowest BCUT2D eigenvalue weighted by molar-refractivity contribution is -0.126. The first-order valence-electron chi connectivity index (χ1n) is 5.35. The fourth-order valence-corrected chi connectivity index (χ4v) is 2.04. The van der Waals surface area contributed by atoms with E-state index >= 15 is 0 Å². The van der Waals surface area contributed by atoms with Crippen molar-refractivity contribution in [1.82, 2.24) is 10.2 Å². The van der Waals surface area contributed by atoms with E-state index in [1.165, 1.54) is 0 Å². The Morgan fingerprint density at radius 3 is 3.00 bits per heavy atom. The SMILES string of the molecule is CCNC(=O)C(C)N1CCC[C@H]1CO. The molecule has 0 radical (unpaired) electrons. The topological polar surface area (TPSA) is 52.6 Å². The molecule has 1 fully saturated rings. The van der Waals surface area contributed by atoms with E-state index in [2.05, 4.69) is 10.2 Å². The molecule has 2 N–H and O–H groups in total. The van der Waals surface area contributed by atoms with E-state index in [1.54, 1.807) is 0 Å². The van der Waals surface area contributed by atoms with Crippen molar-refractivity contribution in [2.45, 2.75) is 38.8 Å². The first-order chi connectivity index (χ1) is 6.70. The summed E-state index contributed by atoms with van der Waals surface area (Å²) in [7, 11) is 0. The summed E-state index contributed by atoms with van der Waals surface area (Å²) in [5, 5.41) is 11.9. The molecular formula is C10H20N2O2. The summed E-state index contributed by atoms with van der Waals surface area (Å²) in [4.78, 5) is 13.6. The van der Waals surface area contributed by atoms with Gasteiger partial charge in [0.2, 0.25) is 5.91 Å². The van der Waals surface area contributed by atoms with Gasteiger partial charge in [-0.25, -0.2) is 0 Å². The number of likely N-dealkylation sites (N-methyl/N-ethyl adjacent to an activating group) is 1. The zero-order valence-corrected chi connectivity index (χ0v) is 8.99. The Hall–Kier alpha value is -0.610. The Bertz CT molecular complexity index is 197. The third kappa shape index (κ3) is 2.45. The van der Waals surface area contributed by atoms with Crippen LogP contribution in [0.25, 0.3) is 0 Å². The lowest BCUT2D eigenvalue weighted by atomic mass is 10.2. The number of nitrogens with zero attached hydrogens (tertiary/aromatic N) is 1. The normalized spacial score (nSPS) is 24.9. The molecule has 1 unspecified atom stereocenters. The van der Waals surface area contributed by atoms with E-state index in [0.29, 0.717) is 6.54 Å². The molecule has 1 rings (SSSR count). The lowest BCUT2D eigenvalue weighted by Crippen LogP contribution is -2.48. The van der Waals surface area contributed by atoms with Crippen LogP contribution in [0, 0.1) is 0 Å². The highest BCUT2D eigenvalue weighted by molar-refractivity contribution is 5.81. The molecule has 0 saturated carbocycles. The van der Waals surface area contributed by atoms with Crippen molar-refractivity contribution in [3.05, 3.63) is 0 Å². The van der Waals surface area contributed by atoms with Crippen LogP contribution < -0.4 is 5.32 Å². The summed E-state index contributed by atoms with van der Waals surface area (Å²) in [5.74, 6) is 0.0628. The smallest absolute Gasteiger partial charge is 0.237 e. The minimum absolute atomic E-state index is 0.0628. The van der Waals surface area contributed by atoms with Gasteiger partial charge < -0.3 is 10.4 Å². The summed E-state index contributed by atoms with van der Waals surface area (Å²) < 4.78 is 0. The second-order valence-electron chi connectivity index (χ2n) is 3.79. The highest BCUT2D eigenvalue weighted by Gasteiger charge is 2.30. The number of aliphatic hydroxyl groups excluding tert-OH is 1. The molecular weight excluding hydrogens is 180 g/mol. The van der Waals surface area contributed by atoms with E-state index < -0.39 is 0 Å². The van der Waals surface area contributed by atoms with Crippen LogP contribution in [0.4, 0.5) is 0 Å².